The molecule has 0 fully saturated rings. The molecule has 0 aromatic heterocycles. The molecule has 5 heteroatoms. The molecule has 1 atom stereocenters. The number of benzene rings is 2. The zero-order valence-corrected chi connectivity index (χ0v) is 16.7. The summed E-state index contributed by atoms with van der Waals surface area (Å²) in [5, 5.41) is 3.11. The summed E-state index contributed by atoms with van der Waals surface area (Å²) >= 11 is 1.69. The van der Waals surface area contributed by atoms with Crippen molar-refractivity contribution in [3.63, 3.8) is 0 Å². The Bertz CT molecular complexity index is 804. The van der Waals surface area contributed by atoms with Gasteiger partial charge in [-0.15, -0.1) is 11.8 Å². The van der Waals surface area contributed by atoms with Crippen molar-refractivity contribution in [1.29, 1.82) is 0 Å². The standard InChI is InChI=1S/C22H26N2O2S/c1-3-4-7-17-10-12-18(13-11-17)23-21(25)15-24-19-8-5-6-9-20(19)27-16(2)14-22(24)26/h5-6,8-13,16H,3-4,7,14-15H2,1-2H3,(H,23,25)/t16-/m0/s1. The largest absolute Gasteiger partial charge is 0.325 e. The van der Waals surface area contributed by atoms with Crippen molar-refractivity contribution < 1.29 is 9.59 Å². The summed E-state index contributed by atoms with van der Waals surface area (Å²) in [6, 6.07) is 15.8. The molecule has 142 valence electrons. The lowest BCUT2D eigenvalue weighted by Crippen LogP contribution is -2.38. The van der Waals surface area contributed by atoms with Gasteiger partial charge >= 0.3 is 0 Å². The first-order valence-corrected chi connectivity index (χ1v) is 10.4. The smallest absolute Gasteiger partial charge is 0.244 e. The average molecular weight is 383 g/mol. The number of carbonyl (C=O) groups is 2. The Labute approximate surface area is 165 Å². The van der Waals surface area contributed by atoms with Crippen molar-refractivity contribution in [2.75, 3.05) is 16.8 Å². The highest BCUT2D eigenvalue weighted by Crippen LogP contribution is 2.37. The Morgan fingerprint density at radius 3 is 2.67 bits per heavy atom. The third kappa shape index (κ3) is 5.13. The second-order valence-corrected chi connectivity index (χ2v) is 8.41. The zero-order valence-electron chi connectivity index (χ0n) is 15.9. The Kier molecular flexibility index (Phi) is 6.56. The molecule has 1 aliphatic rings. The Hall–Kier alpha value is -2.27. The number of nitrogens with one attached hydrogen (secondary N) is 1. The van der Waals surface area contributed by atoms with Crippen LogP contribution in [0.1, 0.15) is 38.7 Å². The van der Waals surface area contributed by atoms with E-state index in [0.29, 0.717) is 6.42 Å². The van der Waals surface area contributed by atoms with E-state index in [1.54, 1.807) is 16.7 Å². The third-order valence-corrected chi connectivity index (χ3v) is 5.77. The van der Waals surface area contributed by atoms with Gasteiger partial charge in [0, 0.05) is 22.3 Å². The molecule has 0 bridgehead atoms. The Balaban J connectivity index is 1.68. The van der Waals surface area contributed by atoms with E-state index in [0.717, 1.165) is 22.7 Å². The number of anilines is 2. The maximum Gasteiger partial charge on any atom is 0.244 e. The van der Waals surface area contributed by atoms with Crippen LogP contribution in [0.15, 0.2) is 53.4 Å². The maximum absolute atomic E-state index is 12.7. The van der Waals surface area contributed by atoms with Crippen molar-refractivity contribution in [2.45, 2.75) is 49.7 Å². The fourth-order valence-electron chi connectivity index (χ4n) is 3.18. The highest BCUT2D eigenvalue weighted by atomic mass is 32.2. The number of thioether (sulfide) groups is 1. The van der Waals surface area contributed by atoms with Crippen LogP contribution in [0.5, 0.6) is 0 Å². The quantitative estimate of drug-likeness (QED) is 0.774. The summed E-state index contributed by atoms with van der Waals surface area (Å²) in [4.78, 5) is 27.9. The second kappa shape index (κ2) is 9.09. The number of hydrogen-bond donors (Lipinski definition) is 1. The SMILES string of the molecule is CCCCc1ccc(NC(=O)CN2C(=O)C[C@H](C)Sc3ccccc32)cc1. The number of fused-ring (bicyclic) bond motifs is 1. The monoisotopic (exact) mass is 382 g/mol. The lowest BCUT2D eigenvalue weighted by molar-refractivity contribution is -0.121. The van der Waals surface area contributed by atoms with Gasteiger partial charge in [0.15, 0.2) is 0 Å². The molecular formula is C22H26N2O2S. The normalized spacial score (nSPS) is 16.6. The Morgan fingerprint density at radius 1 is 1.19 bits per heavy atom. The van der Waals surface area contributed by atoms with E-state index in [4.69, 9.17) is 0 Å². The molecule has 2 aromatic carbocycles. The third-order valence-electron chi connectivity index (χ3n) is 4.61. The number of rotatable bonds is 6. The number of nitrogens with zero attached hydrogens (tertiary/aromatic N) is 1. The van der Waals surface area contributed by atoms with Gasteiger partial charge in [-0.2, -0.15) is 0 Å². The number of unbranched alkanes of at least 4 members (excludes halogenated alkanes) is 1. The molecular weight excluding hydrogens is 356 g/mol. The van der Waals surface area contributed by atoms with Crippen LogP contribution in [0.25, 0.3) is 0 Å². The van der Waals surface area contributed by atoms with Crippen LogP contribution in [0.2, 0.25) is 0 Å². The molecule has 0 spiro atoms. The minimum Gasteiger partial charge on any atom is -0.325 e. The van der Waals surface area contributed by atoms with E-state index in [1.807, 2.05) is 43.3 Å². The van der Waals surface area contributed by atoms with Crippen molar-refractivity contribution in [3.8, 4) is 0 Å². The fraction of sp³-hybridized carbons (Fsp3) is 0.364. The van der Waals surface area contributed by atoms with E-state index < -0.39 is 0 Å². The number of aryl methyl sites for hydroxylation is 1. The molecule has 4 nitrogen and oxygen atoms in total. The molecule has 0 saturated heterocycles. The van der Waals surface area contributed by atoms with Gasteiger partial charge in [-0.1, -0.05) is 44.5 Å². The number of amides is 2. The van der Waals surface area contributed by atoms with Crippen molar-refractivity contribution in [2.24, 2.45) is 0 Å². The lowest BCUT2D eigenvalue weighted by atomic mass is 10.1. The van der Waals surface area contributed by atoms with Crippen molar-refractivity contribution in [1.82, 2.24) is 0 Å². The van der Waals surface area contributed by atoms with Crippen LogP contribution in [0, 0.1) is 0 Å². The van der Waals surface area contributed by atoms with Crippen LogP contribution in [0.4, 0.5) is 11.4 Å². The number of hydrogen-bond acceptors (Lipinski definition) is 3. The summed E-state index contributed by atoms with van der Waals surface area (Å²) in [5.41, 5.74) is 2.86. The van der Waals surface area contributed by atoms with Crippen LogP contribution < -0.4 is 10.2 Å². The highest BCUT2D eigenvalue weighted by Gasteiger charge is 2.27. The minimum absolute atomic E-state index is 0.00925. The maximum atomic E-state index is 12.7. The molecule has 2 amide bonds. The van der Waals surface area contributed by atoms with Crippen molar-refractivity contribution in [3.05, 3.63) is 54.1 Å². The van der Waals surface area contributed by atoms with Gasteiger partial charge in [0.1, 0.15) is 6.54 Å². The van der Waals surface area contributed by atoms with Gasteiger partial charge < -0.3 is 10.2 Å². The second-order valence-electron chi connectivity index (χ2n) is 6.93. The van der Waals surface area contributed by atoms with Gasteiger partial charge in [-0.05, 0) is 42.7 Å². The first-order valence-electron chi connectivity index (χ1n) is 9.51. The molecule has 2 aromatic rings. The fourth-order valence-corrected chi connectivity index (χ4v) is 4.30. The molecule has 3 rings (SSSR count). The predicted octanol–water partition coefficient (Wildman–Crippen LogP) is 4.89. The molecule has 27 heavy (non-hydrogen) atoms. The van der Waals surface area contributed by atoms with Gasteiger partial charge in [0.05, 0.1) is 5.69 Å². The molecule has 0 saturated carbocycles. The van der Waals surface area contributed by atoms with Crippen molar-refractivity contribution >= 4 is 35.0 Å². The molecule has 1 heterocycles. The topological polar surface area (TPSA) is 49.4 Å². The van der Waals surface area contributed by atoms with Gasteiger partial charge in [-0.25, -0.2) is 0 Å². The molecule has 0 unspecified atom stereocenters. The van der Waals surface area contributed by atoms with E-state index in [-0.39, 0.29) is 23.6 Å². The molecule has 0 radical (unpaired) electrons. The van der Waals surface area contributed by atoms with E-state index in [2.05, 4.69) is 24.4 Å². The number of carbonyl (C=O) groups excluding carboxylic acids is 2. The molecule has 0 aliphatic carbocycles. The predicted molar refractivity (Wildman–Crippen MR) is 112 cm³/mol. The zero-order chi connectivity index (χ0) is 19.2. The highest BCUT2D eigenvalue weighted by molar-refractivity contribution is 8.00. The van der Waals surface area contributed by atoms with Gasteiger partial charge in [0.25, 0.3) is 0 Å². The molecule has 1 N–H and O–H groups in total. The van der Waals surface area contributed by atoms with Gasteiger partial charge in [-0.3, -0.25) is 9.59 Å². The average Bonchev–Trinajstić information content (AvgIpc) is 2.77. The van der Waals surface area contributed by atoms with E-state index >= 15 is 0 Å². The number of para-hydroxylation sites is 1. The lowest BCUT2D eigenvalue weighted by Gasteiger charge is -2.22. The minimum atomic E-state index is -0.181. The molecule has 1 aliphatic heterocycles. The van der Waals surface area contributed by atoms with Gasteiger partial charge in [0.2, 0.25) is 11.8 Å². The summed E-state index contributed by atoms with van der Waals surface area (Å²) in [6.07, 6.45) is 3.82. The van der Waals surface area contributed by atoms with Crippen LogP contribution in [0.3, 0.4) is 0 Å². The summed E-state index contributed by atoms with van der Waals surface area (Å²) in [5.74, 6) is -0.191. The van der Waals surface area contributed by atoms with Crippen LogP contribution in [-0.4, -0.2) is 23.6 Å². The summed E-state index contributed by atoms with van der Waals surface area (Å²) in [6.45, 7) is 4.25. The Morgan fingerprint density at radius 2 is 1.93 bits per heavy atom. The first-order chi connectivity index (χ1) is 13.1. The van der Waals surface area contributed by atoms with E-state index in [9.17, 15) is 9.59 Å². The summed E-state index contributed by atoms with van der Waals surface area (Å²) < 4.78 is 0. The van der Waals surface area contributed by atoms with Crippen LogP contribution in [-0.2, 0) is 16.0 Å². The van der Waals surface area contributed by atoms with Crippen LogP contribution >= 0.6 is 11.8 Å². The summed E-state index contributed by atoms with van der Waals surface area (Å²) in [7, 11) is 0. The van der Waals surface area contributed by atoms with E-state index in [1.165, 1.54) is 18.4 Å². The first kappa shape index (κ1) is 19.5.